The molecule has 0 saturated carbocycles. The molecule has 0 aliphatic rings. The zero-order valence-corrected chi connectivity index (χ0v) is 12.0. The van der Waals surface area contributed by atoms with E-state index in [9.17, 15) is 0 Å². The molecule has 2 heterocycles. The second-order valence-electron chi connectivity index (χ2n) is 4.48. The molecule has 0 atom stereocenters. The number of ether oxygens (including phenoxy) is 1. The van der Waals surface area contributed by atoms with Crippen molar-refractivity contribution < 1.29 is 9.26 Å². The lowest BCUT2D eigenvalue weighted by molar-refractivity contribution is -0.0306. The van der Waals surface area contributed by atoms with Crippen LogP contribution in [0.2, 0.25) is 0 Å². The number of hydrogen-bond donors (Lipinski definition) is 1. The molecule has 0 fully saturated rings. The standard InChI is InChI=1S/C12H20N6O2/c1-4-12(5-2,19-3)11-14-10(20-16-11)9-8-18(7-6-13)17-15-9/h8H,4-7,13H2,1-3H3. The van der Waals surface area contributed by atoms with Crippen molar-refractivity contribution in [3.05, 3.63) is 12.0 Å². The van der Waals surface area contributed by atoms with Gasteiger partial charge in [-0.25, -0.2) is 0 Å². The van der Waals surface area contributed by atoms with E-state index >= 15 is 0 Å². The van der Waals surface area contributed by atoms with Crippen LogP contribution in [0, 0.1) is 0 Å². The Morgan fingerprint density at radius 3 is 2.75 bits per heavy atom. The molecule has 0 aromatic carbocycles. The first-order valence-electron chi connectivity index (χ1n) is 6.69. The molecule has 8 nitrogen and oxygen atoms in total. The summed E-state index contributed by atoms with van der Waals surface area (Å²) in [5.41, 5.74) is 5.48. The summed E-state index contributed by atoms with van der Waals surface area (Å²) in [4.78, 5) is 4.39. The van der Waals surface area contributed by atoms with Gasteiger partial charge in [0.1, 0.15) is 5.60 Å². The summed E-state index contributed by atoms with van der Waals surface area (Å²) in [5, 5.41) is 12.0. The van der Waals surface area contributed by atoms with Gasteiger partial charge in [-0.15, -0.1) is 5.10 Å². The SMILES string of the molecule is CCC(CC)(OC)c1noc(-c2cn(CCN)nn2)n1. The minimum atomic E-state index is -0.519. The fourth-order valence-corrected chi connectivity index (χ4v) is 2.10. The third-order valence-corrected chi connectivity index (χ3v) is 3.48. The van der Waals surface area contributed by atoms with Gasteiger partial charge in [0.25, 0.3) is 5.89 Å². The molecule has 2 aromatic rings. The number of aromatic nitrogens is 5. The van der Waals surface area contributed by atoms with E-state index in [0.29, 0.717) is 30.5 Å². The molecule has 110 valence electrons. The van der Waals surface area contributed by atoms with Crippen LogP contribution >= 0.6 is 0 Å². The van der Waals surface area contributed by atoms with Gasteiger partial charge < -0.3 is 15.0 Å². The second kappa shape index (κ2) is 6.10. The van der Waals surface area contributed by atoms with E-state index in [4.69, 9.17) is 15.0 Å². The van der Waals surface area contributed by atoms with Crippen molar-refractivity contribution in [2.24, 2.45) is 5.73 Å². The lowest BCUT2D eigenvalue weighted by atomic mass is 9.96. The highest BCUT2D eigenvalue weighted by atomic mass is 16.5. The van der Waals surface area contributed by atoms with Crippen LogP contribution in [0.4, 0.5) is 0 Å². The van der Waals surface area contributed by atoms with Crippen molar-refractivity contribution in [3.8, 4) is 11.6 Å². The van der Waals surface area contributed by atoms with Crippen molar-refractivity contribution in [1.29, 1.82) is 0 Å². The second-order valence-corrected chi connectivity index (χ2v) is 4.48. The fourth-order valence-electron chi connectivity index (χ4n) is 2.10. The minimum Gasteiger partial charge on any atom is -0.370 e. The van der Waals surface area contributed by atoms with Gasteiger partial charge in [0, 0.05) is 13.7 Å². The van der Waals surface area contributed by atoms with Gasteiger partial charge in [0.15, 0.2) is 5.69 Å². The van der Waals surface area contributed by atoms with E-state index in [1.54, 1.807) is 18.0 Å². The first-order chi connectivity index (χ1) is 9.69. The largest absolute Gasteiger partial charge is 0.370 e. The van der Waals surface area contributed by atoms with Crippen LogP contribution in [0.1, 0.15) is 32.5 Å². The van der Waals surface area contributed by atoms with Gasteiger partial charge in [-0.3, -0.25) is 4.68 Å². The molecule has 0 saturated heterocycles. The number of nitrogens with two attached hydrogens (primary N) is 1. The van der Waals surface area contributed by atoms with Crippen LogP contribution in [-0.4, -0.2) is 38.8 Å². The third-order valence-electron chi connectivity index (χ3n) is 3.48. The van der Waals surface area contributed by atoms with E-state index in [1.807, 2.05) is 13.8 Å². The van der Waals surface area contributed by atoms with E-state index in [1.165, 1.54) is 0 Å². The molecule has 0 spiro atoms. The smallest absolute Gasteiger partial charge is 0.280 e. The number of nitrogens with zero attached hydrogens (tertiary/aromatic N) is 5. The summed E-state index contributed by atoms with van der Waals surface area (Å²) in [6, 6.07) is 0. The molecule has 0 bridgehead atoms. The molecular formula is C12H20N6O2. The Kier molecular flexibility index (Phi) is 4.46. The van der Waals surface area contributed by atoms with Gasteiger partial charge in [0.2, 0.25) is 5.82 Å². The van der Waals surface area contributed by atoms with Crippen molar-refractivity contribution in [1.82, 2.24) is 25.1 Å². The zero-order chi connectivity index (χ0) is 14.6. The van der Waals surface area contributed by atoms with Crippen LogP contribution < -0.4 is 5.73 Å². The third kappa shape index (κ3) is 2.56. The van der Waals surface area contributed by atoms with Crippen LogP contribution in [0.5, 0.6) is 0 Å². The predicted octanol–water partition coefficient (Wildman–Crippen LogP) is 0.948. The molecule has 2 N–H and O–H groups in total. The van der Waals surface area contributed by atoms with Crippen LogP contribution in [0.25, 0.3) is 11.6 Å². The molecule has 0 amide bonds. The first-order valence-corrected chi connectivity index (χ1v) is 6.69. The zero-order valence-electron chi connectivity index (χ0n) is 12.0. The van der Waals surface area contributed by atoms with Crippen molar-refractivity contribution in [3.63, 3.8) is 0 Å². The van der Waals surface area contributed by atoms with Crippen molar-refractivity contribution >= 4 is 0 Å². The average Bonchev–Trinajstić information content (AvgIpc) is 3.11. The summed E-state index contributed by atoms with van der Waals surface area (Å²) in [6.45, 7) is 5.15. The molecule has 2 rings (SSSR count). The highest BCUT2D eigenvalue weighted by Gasteiger charge is 2.34. The van der Waals surface area contributed by atoms with Crippen LogP contribution in [-0.2, 0) is 16.9 Å². The minimum absolute atomic E-state index is 0.339. The van der Waals surface area contributed by atoms with Gasteiger partial charge in [-0.05, 0) is 12.8 Å². The lowest BCUT2D eigenvalue weighted by Crippen LogP contribution is -2.28. The molecular weight excluding hydrogens is 260 g/mol. The maximum atomic E-state index is 5.57. The predicted molar refractivity (Wildman–Crippen MR) is 71.6 cm³/mol. The summed E-state index contributed by atoms with van der Waals surface area (Å²) < 4.78 is 12.5. The highest BCUT2D eigenvalue weighted by Crippen LogP contribution is 2.31. The topological polar surface area (TPSA) is 105 Å². The maximum absolute atomic E-state index is 5.57. The molecule has 0 aliphatic carbocycles. The monoisotopic (exact) mass is 280 g/mol. The molecule has 0 radical (unpaired) electrons. The van der Waals surface area contributed by atoms with Gasteiger partial charge in [-0.2, -0.15) is 4.98 Å². The molecule has 2 aromatic heterocycles. The Morgan fingerprint density at radius 1 is 1.40 bits per heavy atom. The van der Waals surface area contributed by atoms with E-state index < -0.39 is 5.60 Å². The molecule has 20 heavy (non-hydrogen) atoms. The van der Waals surface area contributed by atoms with Gasteiger partial charge >= 0.3 is 0 Å². The number of hydrogen-bond acceptors (Lipinski definition) is 7. The molecule has 0 aliphatic heterocycles. The molecule has 0 unspecified atom stereocenters. The summed E-state index contributed by atoms with van der Waals surface area (Å²) in [5.74, 6) is 0.875. The Bertz CT molecular complexity index is 537. The van der Waals surface area contributed by atoms with E-state index in [-0.39, 0.29) is 0 Å². The summed E-state index contributed by atoms with van der Waals surface area (Å²) in [6.07, 6.45) is 3.26. The quantitative estimate of drug-likeness (QED) is 0.804. The Morgan fingerprint density at radius 2 is 2.15 bits per heavy atom. The molecule has 8 heteroatoms. The fraction of sp³-hybridized carbons (Fsp3) is 0.667. The Labute approximate surface area is 117 Å². The maximum Gasteiger partial charge on any atom is 0.280 e. The van der Waals surface area contributed by atoms with Crippen molar-refractivity contribution in [2.45, 2.75) is 38.8 Å². The first kappa shape index (κ1) is 14.6. The summed E-state index contributed by atoms with van der Waals surface area (Å²) >= 11 is 0. The Balaban J connectivity index is 2.27. The van der Waals surface area contributed by atoms with Crippen LogP contribution in [0.3, 0.4) is 0 Å². The normalized spacial score (nSPS) is 12.0. The Hall–Kier alpha value is -1.80. The number of rotatable bonds is 7. The van der Waals surface area contributed by atoms with Crippen molar-refractivity contribution in [2.75, 3.05) is 13.7 Å². The average molecular weight is 280 g/mol. The summed E-state index contributed by atoms with van der Waals surface area (Å²) in [7, 11) is 1.65. The highest BCUT2D eigenvalue weighted by molar-refractivity contribution is 5.43. The van der Waals surface area contributed by atoms with Gasteiger partial charge in [0.05, 0.1) is 12.7 Å². The van der Waals surface area contributed by atoms with E-state index in [2.05, 4.69) is 20.5 Å². The lowest BCUT2D eigenvalue weighted by Gasteiger charge is -2.25. The van der Waals surface area contributed by atoms with E-state index in [0.717, 1.165) is 12.8 Å². The van der Waals surface area contributed by atoms with Crippen LogP contribution in [0.15, 0.2) is 10.7 Å². The van der Waals surface area contributed by atoms with Gasteiger partial charge in [-0.1, -0.05) is 24.2 Å². The number of methoxy groups -OCH3 is 1.